The van der Waals surface area contributed by atoms with Crippen LogP contribution in [0.3, 0.4) is 0 Å². The van der Waals surface area contributed by atoms with Crippen LogP contribution in [-0.2, 0) is 20.7 Å². The van der Waals surface area contributed by atoms with Crippen molar-refractivity contribution in [2.24, 2.45) is 0 Å². The van der Waals surface area contributed by atoms with Gasteiger partial charge in [0.1, 0.15) is 5.60 Å². The summed E-state index contributed by atoms with van der Waals surface area (Å²) >= 11 is 0. The molecule has 0 saturated carbocycles. The first kappa shape index (κ1) is 17.8. The molecule has 0 aromatic heterocycles. The van der Waals surface area contributed by atoms with Gasteiger partial charge in [0.2, 0.25) is 0 Å². The van der Waals surface area contributed by atoms with Crippen molar-refractivity contribution in [2.45, 2.75) is 32.3 Å². The molecular weight excluding hydrogens is 310 g/mol. The number of rotatable bonds is 7. The van der Waals surface area contributed by atoms with E-state index in [0.717, 1.165) is 17.7 Å². The van der Waals surface area contributed by atoms with Crippen LogP contribution in [0.15, 0.2) is 30.4 Å². The molecule has 1 N–H and O–H groups in total. The number of hydrogen-bond acceptors (Lipinski definition) is 5. The normalized spacial score (nSPS) is 14.8. The van der Waals surface area contributed by atoms with Gasteiger partial charge < -0.3 is 19.5 Å². The maximum absolute atomic E-state index is 11.8. The lowest BCUT2D eigenvalue weighted by atomic mass is 10.0. The molecule has 6 heteroatoms. The van der Waals surface area contributed by atoms with E-state index in [1.165, 1.54) is 13.2 Å². The number of nitrogens with one attached hydrogen (secondary N) is 1. The molecule has 1 aromatic carbocycles. The summed E-state index contributed by atoms with van der Waals surface area (Å²) in [5, 5.41) is 2.72. The molecule has 0 bridgehead atoms. The molecule has 0 radical (unpaired) electrons. The van der Waals surface area contributed by atoms with Crippen molar-refractivity contribution in [1.82, 2.24) is 5.32 Å². The fourth-order valence-corrected chi connectivity index (χ4v) is 2.44. The van der Waals surface area contributed by atoms with Crippen LogP contribution in [0.2, 0.25) is 0 Å². The van der Waals surface area contributed by atoms with Crippen LogP contribution in [0, 0.1) is 0 Å². The van der Waals surface area contributed by atoms with Gasteiger partial charge >= 0.3 is 5.97 Å². The van der Waals surface area contributed by atoms with Gasteiger partial charge in [-0.25, -0.2) is 4.79 Å². The van der Waals surface area contributed by atoms with E-state index in [-0.39, 0.29) is 18.1 Å². The summed E-state index contributed by atoms with van der Waals surface area (Å²) in [7, 11) is 1.32. The number of para-hydroxylation sites is 1. The molecule has 6 nitrogen and oxygen atoms in total. The first-order valence-corrected chi connectivity index (χ1v) is 7.86. The largest absolute Gasteiger partial charge is 0.483 e. The minimum absolute atomic E-state index is 0.0824. The van der Waals surface area contributed by atoms with Gasteiger partial charge in [-0.05, 0) is 26.3 Å². The van der Waals surface area contributed by atoms with Crippen molar-refractivity contribution in [3.8, 4) is 11.5 Å². The highest BCUT2D eigenvalue weighted by Gasteiger charge is 2.32. The standard InChI is InChI=1S/C18H23NO5/c1-18(2)11-13-7-6-8-14(17(13)24-18)23-12-15(20)19-10-5-4-9-16(21)22-3/h4,6-9H,5,10-12H2,1-3H3,(H,19,20)/b9-4+. The third-order valence-electron chi connectivity index (χ3n) is 3.50. The average molecular weight is 333 g/mol. The van der Waals surface area contributed by atoms with Gasteiger partial charge in [-0.15, -0.1) is 0 Å². The zero-order chi connectivity index (χ0) is 17.6. The quantitative estimate of drug-likeness (QED) is 0.469. The Bertz CT molecular complexity index is 636. The molecule has 24 heavy (non-hydrogen) atoms. The Labute approximate surface area is 141 Å². The molecule has 1 aliphatic rings. The van der Waals surface area contributed by atoms with E-state index in [2.05, 4.69) is 10.1 Å². The predicted octanol–water partition coefficient (Wildman–Crippen LogP) is 2.01. The van der Waals surface area contributed by atoms with Gasteiger partial charge in [0, 0.05) is 24.6 Å². The summed E-state index contributed by atoms with van der Waals surface area (Å²) in [6.45, 7) is 4.38. The van der Waals surface area contributed by atoms with E-state index in [0.29, 0.717) is 18.7 Å². The molecule has 1 aliphatic heterocycles. The summed E-state index contributed by atoms with van der Waals surface area (Å²) in [5.74, 6) is 0.664. The van der Waals surface area contributed by atoms with E-state index in [1.54, 1.807) is 12.1 Å². The van der Waals surface area contributed by atoms with E-state index in [9.17, 15) is 9.59 Å². The fraction of sp³-hybridized carbons (Fsp3) is 0.444. The molecule has 130 valence electrons. The zero-order valence-electron chi connectivity index (χ0n) is 14.3. The van der Waals surface area contributed by atoms with Crippen molar-refractivity contribution < 1.29 is 23.8 Å². The Hall–Kier alpha value is -2.50. The van der Waals surface area contributed by atoms with Crippen molar-refractivity contribution >= 4 is 11.9 Å². The number of benzene rings is 1. The van der Waals surface area contributed by atoms with Gasteiger partial charge in [-0.2, -0.15) is 0 Å². The Morgan fingerprint density at radius 1 is 1.38 bits per heavy atom. The number of amides is 1. The van der Waals surface area contributed by atoms with E-state index in [4.69, 9.17) is 9.47 Å². The molecular formula is C18H23NO5. The second kappa shape index (κ2) is 7.86. The molecule has 0 atom stereocenters. The van der Waals surface area contributed by atoms with Gasteiger partial charge in [-0.3, -0.25) is 4.79 Å². The molecule has 0 aliphatic carbocycles. The van der Waals surface area contributed by atoms with Gasteiger partial charge in [0.05, 0.1) is 7.11 Å². The molecule has 1 amide bonds. The number of ether oxygens (including phenoxy) is 3. The van der Waals surface area contributed by atoms with Gasteiger partial charge in [0.15, 0.2) is 18.1 Å². The minimum Gasteiger partial charge on any atom is -0.483 e. The molecule has 0 unspecified atom stereocenters. The van der Waals surface area contributed by atoms with Crippen LogP contribution in [0.25, 0.3) is 0 Å². The highest BCUT2D eigenvalue weighted by atomic mass is 16.5. The predicted molar refractivity (Wildman–Crippen MR) is 89.1 cm³/mol. The second-order valence-electron chi connectivity index (χ2n) is 6.14. The van der Waals surface area contributed by atoms with Crippen LogP contribution in [0.5, 0.6) is 11.5 Å². The smallest absolute Gasteiger partial charge is 0.330 e. The molecule has 1 aromatic rings. The van der Waals surface area contributed by atoms with Crippen molar-refractivity contribution in [3.05, 3.63) is 35.9 Å². The number of esters is 1. The maximum atomic E-state index is 11.8. The Morgan fingerprint density at radius 3 is 2.92 bits per heavy atom. The summed E-state index contributed by atoms with van der Waals surface area (Å²) < 4.78 is 16.0. The number of hydrogen-bond donors (Lipinski definition) is 1. The number of carbonyl (C=O) groups is 2. The van der Waals surface area contributed by atoms with Gasteiger partial charge in [0.25, 0.3) is 5.91 Å². The fourth-order valence-electron chi connectivity index (χ4n) is 2.44. The van der Waals surface area contributed by atoms with E-state index < -0.39 is 5.97 Å². The molecule has 0 saturated heterocycles. The SMILES string of the molecule is COC(=O)/C=C/CCNC(=O)COc1cccc2c1OC(C)(C)C2. The highest BCUT2D eigenvalue weighted by molar-refractivity contribution is 5.81. The third-order valence-corrected chi connectivity index (χ3v) is 3.50. The average Bonchev–Trinajstić information content (AvgIpc) is 2.86. The first-order valence-electron chi connectivity index (χ1n) is 7.86. The number of carbonyl (C=O) groups excluding carboxylic acids is 2. The van der Waals surface area contributed by atoms with Crippen LogP contribution in [0.4, 0.5) is 0 Å². The molecule has 1 heterocycles. The lowest BCUT2D eigenvalue weighted by molar-refractivity contribution is -0.134. The summed E-state index contributed by atoms with van der Waals surface area (Å²) in [4.78, 5) is 22.7. The summed E-state index contributed by atoms with van der Waals surface area (Å²) in [6.07, 6.45) is 4.33. The molecule has 0 fully saturated rings. The topological polar surface area (TPSA) is 73.9 Å². The molecule has 0 spiro atoms. The lowest BCUT2D eigenvalue weighted by Crippen LogP contribution is -2.29. The lowest BCUT2D eigenvalue weighted by Gasteiger charge is -2.18. The number of methoxy groups -OCH3 is 1. The van der Waals surface area contributed by atoms with Crippen LogP contribution in [0.1, 0.15) is 25.8 Å². The van der Waals surface area contributed by atoms with Crippen LogP contribution in [-0.4, -0.2) is 37.7 Å². The van der Waals surface area contributed by atoms with Crippen molar-refractivity contribution in [1.29, 1.82) is 0 Å². The minimum atomic E-state index is -0.412. The van der Waals surface area contributed by atoms with Crippen LogP contribution < -0.4 is 14.8 Å². The van der Waals surface area contributed by atoms with Crippen molar-refractivity contribution in [2.75, 3.05) is 20.3 Å². The Kier molecular flexibility index (Phi) is 5.84. The van der Waals surface area contributed by atoms with E-state index >= 15 is 0 Å². The zero-order valence-corrected chi connectivity index (χ0v) is 14.3. The molecule has 2 rings (SSSR count). The monoisotopic (exact) mass is 333 g/mol. The summed E-state index contributed by atoms with van der Waals surface area (Å²) in [6, 6.07) is 5.70. The second-order valence-corrected chi connectivity index (χ2v) is 6.14. The maximum Gasteiger partial charge on any atom is 0.330 e. The Balaban J connectivity index is 1.77. The first-order chi connectivity index (χ1) is 11.4. The highest BCUT2D eigenvalue weighted by Crippen LogP contribution is 2.41. The third kappa shape index (κ3) is 5.01. The van der Waals surface area contributed by atoms with E-state index in [1.807, 2.05) is 26.0 Å². The number of fused-ring (bicyclic) bond motifs is 1. The summed E-state index contributed by atoms with van der Waals surface area (Å²) in [5.41, 5.74) is 0.835. The van der Waals surface area contributed by atoms with Crippen molar-refractivity contribution in [3.63, 3.8) is 0 Å². The van der Waals surface area contributed by atoms with Gasteiger partial charge in [-0.1, -0.05) is 18.2 Å². The van der Waals surface area contributed by atoms with Crippen LogP contribution >= 0.6 is 0 Å². The Morgan fingerprint density at radius 2 is 2.17 bits per heavy atom.